The average molecular weight is 243 g/mol. The van der Waals surface area contributed by atoms with Crippen molar-refractivity contribution in [1.82, 2.24) is 5.32 Å². The first kappa shape index (κ1) is 13.9. The van der Waals surface area contributed by atoms with Gasteiger partial charge in [-0.15, -0.1) is 0 Å². The van der Waals surface area contributed by atoms with E-state index >= 15 is 0 Å². The average Bonchev–Trinajstić information content (AvgIpc) is 2.22. The molecule has 4 atom stereocenters. The Kier molecular flexibility index (Phi) is 5.16. The van der Waals surface area contributed by atoms with E-state index in [1.165, 1.54) is 6.42 Å². The Labute approximate surface area is 105 Å². The predicted molar refractivity (Wildman–Crippen MR) is 71.7 cm³/mol. The molecule has 0 aromatic carbocycles. The number of hydrogen-bond donors (Lipinski definition) is 2. The van der Waals surface area contributed by atoms with Crippen molar-refractivity contribution in [2.24, 2.45) is 17.8 Å². The largest absolute Gasteiger partial charge is 0.352 e. The maximum atomic E-state index is 11.9. The number of thiol groups is 1. The van der Waals surface area contributed by atoms with Crippen molar-refractivity contribution in [3.63, 3.8) is 0 Å². The lowest BCUT2D eigenvalue weighted by atomic mass is 9.79. The molecule has 0 spiro atoms. The fourth-order valence-corrected chi connectivity index (χ4v) is 2.34. The number of nitrogens with one attached hydrogen (secondary N) is 1. The van der Waals surface area contributed by atoms with Gasteiger partial charge in [0.1, 0.15) is 0 Å². The molecule has 1 amide bonds. The second-order valence-electron chi connectivity index (χ2n) is 5.66. The normalized spacial score (nSPS) is 32.5. The van der Waals surface area contributed by atoms with E-state index in [1.54, 1.807) is 0 Å². The molecular weight excluding hydrogens is 218 g/mol. The van der Waals surface area contributed by atoms with Crippen LogP contribution in [-0.4, -0.2) is 17.2 Å². The van der Waals surface area contributed by atoms with E-state index in [0.717, 1.165) is 24.7 Å². The Morgan fingerprint density at radius 2 is 1.88 bits per heavy atom. The summed E-state index contributed by atoms with van der Waals surface area (Å²) in [5.41, 5.74) is 0. The Bertz CT molecular complexity index is 242. The van der Waals surface area contributed by atoms with Gasteiger partial charge in [0.15, 0.2) is 0 Å². The van der Waals surface area contributed by atoms with Gasteiger partial charge in [-0.1, -0.05) is 27.7 Å². The highest BCUT2D eigenvalue weighted by atomic mass is 32.1. The summed E-state index contributed by atoms with van der Waals surface area (Å²) < 4.78 is 0. The highest BCUT2D eigenvalue weighted by molar-refractivity contribution is 7.81. The van der Waals surface area contributed by atoms with Crippen molar-refractivity contribution in [3.05, 3.63) is 0 Å². The van der Waals surface area contributed by atoms with Gasteiger partial charge in [-0.2, -0.15) is 12.6 Å². The SMILES string of the molecule is CC(C)C(S)C(=O)NC1CCC(C)C(C)C1. The van der Waals surface area contributed by atoms with Crippen molar-refractivity contribution in [2.45, 2.75) is 58.2 Å². The zero-order valence-corrected chi connectivity index (χ0v) is 11.8. The molecule has 4 unspecified atom stereocenters. The first-order valence-electron chi connectivity index (χ1n) is 6.40. The Morgan fingerprint density at radius 1 is 1.25 bits per heavy atom. The molecule has 0 saturated heterocycles. The van der Waals surface area contributed by atoms with E-state index < -0.39 is 0 Å². The van der Waals surface area contributed by atoms with Crippen molar-refractivity contribution < 1.29 is 4.79 Å². The molecule has 3 heteroatoms. The van der Waals surface area contributed by atoms with Gasteiger partial charge in [0.2, 0.25) is 5.91 Å². The molecule has 1 saturated carbocycles. The van der Waals surface area contributed by atoms with Gasteiger partial charge in [-0.25, -0.2) is 0 Å². The molecule has 1 aliphatic rings. The van der Waals surface area contributed by atoms with Gasteiger partial charge in [-0.05, 0) is 37.0 Å². The summed E-state index contributed by atoms with van der Waals surface area (Å²) in [6.45, 7) is 8.65. The molecule has 0 bridgehead atoms. The fourth-order valence-electron chi connectivity index (χ4n) is 2.27. The lowest BCUT2D eigenvalue weighted by Crippen LogP contribution is -2.44. The number of carbonyl (C=O) groups is 1. The summed E-state index contributed by atoms with van der Waals surface area (Å²) in [6, 6.07) is 0.368. The summed E-state index contributed by atoms with van der Waals surface area (Å²) in [5, 5.41) is 2.96. The van der Waals surface area contributed by atoms with Crippen LogP contribution in [0.1, 0.15) is 47.0 Å². The summed E-state index contributed by atoms with van der Waals surface area (Å²) >= 11 is 4.35. The van der Waals surface area contributed by atoms with E-state index in [0.29, 0.717) is 12.0 Å². The quantitative estimate of drug-likeness (QED) is 0.733. The number of hydrogen-bond acceptors (Lipinski definition) is 2. The minimum atomic E-state index is -0.172. The van der Waals surface area contributed by atoms with E-state index in [-0.39, 0.29) is 11.2 Å². The summed E-state index contributed by atoms with van der Waals surface area (Å²) in [5.74, 6) is 1.91. The van der Waals surface area contributed by atoms with Crippen molar-refractivity contribution >= 4 is 18.5 Å². The molecule has 1 rings (SSSR count). The molecule has 94 valence electrons. The van der Waals surface area contributed by atoms with E-state index in [4.69, 9.17) is 0 Å². The Balaban J connectivity index is 2.40. The minimum Gasteiger partial charge on any atom is -0.352 e. The van der Waals surface area contributed by atoms with Crippen molar-refractivity contribution in [3.8, 4) is 0 Å². The molecule has 0 heterocycles. The second-order valence-corrected chi connectivity index (χ2v) is 6.22. The Morgan fingerprint density at radius 3 is 2.38 bits per heavy atom. The van der Waals surface area contributed by atoms with Crippen LogP contribution in [0.5, 0.6) is 0 Å². The molecular formula is C13H25NOS. The maximum Gasteiger partial charge on any atom is 0.233 e. The van der Waals surface area contributed by atoms with Crippen LogP contribution in [0.25, 0.3) is 0 Å². The van der Waals surface area contributed by atoms with E-state index in [2.05, 4.69) is 31.8 Å². The standard InChI is InChI=1S/C13H25NOS/c1-8(2)12(16)13(15)14-11-6-5-9(3)10(4)7-11/h8-12,16H,5-7H2,1-4H3,(H,14,15). The van der Waals surface area contributed by atoms with Crippen LogP contribution in [0.4, 0.5) is 0 Å². The van der Waals surface area contributed by atoms with E-state index in [9.17, 15) is 4.79 Å². The van der Waals surface area contributed by atoms with Gasteiger partial charge in [0, 0.05) is 6.04 Å². The third-order valence-electron chi connectivity index (χ3n) is 3.84. The smallest absolute Gasteiger partial charge is 0.233 e. The maximum absolute atomic E-state index is 11.9. The summed E-state index contributed by atoms with van der Waals surface area (Å²) in [6.07, 6.45) is 3.46. The predicted octanol–water partition coefficient (Wildman–Crippen LogP) is 2.88. The van der Waals surface area contributed by atoms with Gasteiger partial charge in [0.05, 0.1) is 5.25 Å². The number of carbonyl (C=O) groups excluding carboxylic acids is 1. The lowest BCUT2D eigenvalue weighted by molar-refractivity contribution is -0.122. The highest BCUT2D eigenvalue weighted by Gasteiger charge is 2.27. The molecule has 1 fully saturated rings. The molecule has 0 radical (unpaired) electrons. The van der Waals surface area contributed by atoms with Crippen LogP contribution in [0.15, 0.2) is 0 Å². The van der Waals surface area contributed by atoms with Gasteiger partial charge in [0.25, 0.3) is 0 Å². The summed E-state index contributed by atoms with van der Waals surface area (Å²) in [4.78, 5) is 11.9. The topological polar surface area (TPSA) is 29.1 Å². The third kappa shape index (κ3) is 3.69. The zero-order chi connectivity index (χ0) is 12.3. The van der Waals surface area contributed by atoms with Crippen molar-refractivity contribution in [2.75, 3.05) is 0 Å². The van der Waals surface area contributed by atoms with Crippen LogP contribution in [0.3, 0.4) is 0 Å². The van der Waals surface area contributed by atoms with Gasteiger partial charge < -0.3 is 5.32 Å². The molecule has 16 heavy (non-hydrogen) atoms. The van der Waals surface area contributed by atoms with Gasteiger partial charge >= 0.3 is 0 Å². The lowest BCUT2D eigenvalue weighted by Gasteiger charge is -2.33. The summed E-state index contributed by atoms with van der Waals surface area (Å²) in [7, 11) is 0. The Hall–Kier alpha value is -0.180. The highest BCUT2D eigenvalue weighted by Crippen LogP contribution is 2.29. The molecule has 2 nitrogen and oxygen atoms in total. The first-order valence-corrected chi connectivity index (χ1v) is 6.92. The molecule has 0 aromatic heterocycles. The number of rotatable bonds is 3. The van der Waals surface area contributed by atoms with Crippen LogP contribution in [-0.2, 0) is 4.79 Å². The first-order chi connectivity index (χ1) is 7.41. The van der Waals surface area contributed by atoms with Gasteiger partial charge in [-0.3, -0.25) is 4.79 Å². The molecule has 0 aromatic rings. The molecule has 0 aliphatic heterocycles. The van der Waals surface area contributed by atoms with Crippen LogP contribution >= 0.6 is 12.6 Å². The third-order valence-corrected chi connectivity index (χ3v) is 4.68. The molecule has 1 N–H and O–H groups in total. The van der Waals surface area contributed by atoms with E-state index in [1.807, 2.05) is 13.8 Å². The second kappa shape index (κ2) is 5.95. The van der Waals surface area contributed by atoms with Crippen LogP contribution in [0.2, 0.25) is 0 Å². The minimum absolute atomic E-state index is 0.102. The van der Waals surface area contributed by atoms with Crippen LogP contribution < -0.4 is 5.32 Å². The zero-order valence-electron chi connectivity index (χ0n) is 10.9. The number of amides is 1. The monoisotopic (exact) mass is 243 g/mol. The fraction of sp³-hybridized carbons (Fsp3) is 0.923. The van der Waals surface area contributed by atoms with Crippen molar-refractivity contribution in [1.29, 1.82) is 0 Å². The van der Waals surface area contributed by atoms with Crippen LogP contribution in [0, 0.1) is 17.8 Å². The molecule has 1 aliphatic carbocycles.